The van der Waals surface area contributed by atoms with E-state index in [-0.39, 0.29) is 6.61 Å². The summed E-state index contributed by atoms with van der Waals surface area (Å²) < 4.78 is 4.82. The SMILES string of the molecule is C[N+](C)(C)CCOC(=O)C(O)(C(=O)[O-])C(=O)O. The topological polar surface area (TPSA) is 124 Å². The van der Waals surface area contributed by atoms with Crippen molar-refractivity contribution in [3.8, 4) is 0 Å². The maximum absolute atomic E-state index is 11.2. The molecular weight excluding hydrogens is 234 g/mol. The minimum atomic E-state index is -3.66. The molecule has 0 radical (unpaired) electrons. The molecule has 0 aromatic carbocycles. The van der Waals surface area contributed by atoms with E-state index in [2.05, 4.69) is 4.74 Å². The number of carboxylic acids is 2. The number of esters is 1. The number of quaternary nitrogens is 1. The largest absolute Gasteiger partial charge is 0.546 e. The molecule has 0 rings (SSSR count). The number of carbonyl (C=O) groups is 3. The van der Waals surface area contributed by atoms with Gasteiger partial charge in [0, 0.05) is 0 Å². The van der Waals surface area contributed by atoms with Gasteiger partial charge in [0.2, 0.25) is 0 Å². The van der Waals surface area contributed by atoms with Crippen LogP contribution >= 0.6 is 0 Å². The maximum atomic E-state index is 11.2. The number of carbonyl (C=O) groups excluding carboxylic acids is 2. The molecule has 0 aromatic rings. The van der Waals surface area contributed by atoms with Crippen molar-refractivity contribution in [1.29, 1.82) is 0 Å². The fraction of sp³-hybridized carbons (Fsp3) is 0.667. The summed E-state index contributed by atoms with van der Waals surface area (Å²) in [5.74, 6) is -6.44. The molecule has 1 atom stereocenters. The molecule has 0 heterocycles. The summed E-state index contributed by atoms with van der Waals surface area (Å²) >= 11 is 0. The van der Waals surface area contributed by atoms with Crippen LogP contribution in [0.1, 0.15) is 0 Å². The smallest absolute Gasteiger partial charge is 0.356 e. The average Bonchev–Trinajstić information content (AvgIpc) is 2.13. The fourth-order valence-corrected chi connectivity index (χ4v) is 0.775. The van der Waals surface area contributed by atoms with Crippen molar-refractivity contribution in [3.05, 3.63) is 0 Å². The van der Waals surface area contributed by atoms with Gasteiger partial charge in [-0.1, -0.05) is 0 Å². The van der Waals surface area contributed by atoms with Crippen LogP contribution in [0, 0.1) is 0 Å². The van der Waals surface area contributed by atoms with Gasteiger partial charge in [-0.2, -0.15) is 0 Å². The Hall–Kier alpha value is -1.67. The van der Waals surface area contributed by atoms with Gasteiger partial charge in [-0.15, -0.1) is 0 Å². The van der Waals surface area contributed by atoms with Crippen LogP contribution in [-0.2, 0) is 19.1 Å². The quantitative estimate of drug-likeness (QED) is 0.288. The van der Waals surface area contributed by atoms with Gasteiger partial charge in [0.15, 0.2) is 0 Å². The Morgan fingerprint density at radius 3 is 2.06 bits per heavy atom. The fourth-order valence-electron chi connectivity index (χ4n) is 0.775. The number of ether oxygens (including phenoxy) is 1. The van der Waals surface area contributed by atoms with Crippen LogP contribution in [0.3, 0.4) is 0 Å². The summed E-state index contributed by atoms with van der Waals surface area (Å²) in [4.78, 5) is 32.1. The lowest BCUT2D eigenvalue weighted by Crippen LogP contribution is -2.60. The summed E-state index contributed by atoms with van der Waals surface area (Å²) in [5.41, 5.74) is -3.66. The molecule has 0 saturated carbocycles. The predicted molar refractivity (Wildman–Crippen MR) is 51.5 cm³/mol. The Morgan fingerprint density at radius 1 is 1.29 bits per heavy atom. The van der Waals surface area contributed by atoms with Crippen LogP contribution in [0.4, 0.5) is 0 Å². The molecule has 0 aliphatic carbocycles. The Morgan fingerprint density at radius 2 is 1.76 bits per heavy atom. The predicted octanol–water partition coefficient (Wildman–Crippen LogP) is -3.20. The van der Waals surface area contributed by atoms with Gasteiger partial charge in [-0.05, 0) is 0 Å². The summed E-state index contributed by atoms with van der Waals surface area (Å²) in [6.45, 7) is 0.111. The zero-order valence-electron chi connectivity index (χ0n) is 9.80. The molecule has 0 amide bonds. The third kappa shape index (κ3) is 4.00. The van der Waals surface area contributed by atoms with Gasteiger partial charge in [-0.3, -0.25) is 0 Å². The van der Waals surface area contributed by atoms with Gasteiger partial charge in [0.25, 0.3) is 5.60 Å². The highest BCUT2D eigenvalue weighted by Crippen LogP contribution is 2.07. The van der Waals surface area contributed by atoms with E-state index in [9.17, 15) is 19.5 Å². The molecule has 0 aliphatic heterocycles. The van der Waals surface area contributed by atoms with E-state index in [0.717, 1.165) is 0 Å². The molecule has 98 valence electrons. The lowest BCUT2D eigenvalue weighted by Gasteiger charge is -2.25. The van der Waals surface area contributed by atoms with Gasteiger partial charge >= 0.3 is 11.9 Å². The summed E-state index contributed by atoms with van der Waals surface area (Å²) in [6.07, 6.45) is 0. The van der Waals surface area contributed by atoms with Gasteiger partial charge in [0.1, 0.15) is 13.2 Å². The highest BCUT2D eigenvalue weighted by molar-refractivity contribution is 6.19. The molecule has 0 bridgehead atoms. The van der Waals surface area contributed by atoms with Crippen molar-refractivity contribution < 1.29 is 38.9 Å². The lowest BCUT2D eigenvalue weighted by molar-refractivity contribution is -0.870. The lowest BCUT2D eigenvalue weighted by atomic mass is 10.1. The van der Waals surface area contributed by atoms with Crippen molar-refractivity contribution in [2.45, 2.75) is 5.60 Å². The van der Waals surface area contributed by atoms with Crippen molar-refractivity contribution in [1.82, 2.24) is 0 Å². The molecule has 0 fully saturated rings. The van der Waals surface area contributed by atoms with E-state index in [1.807, 2.05) is 0 Å². The van der Waals surface area contributed by atoms with Crippen molar-refractivity contribution in [2.24, 2.45) is 0 Å². The van der Waals surface area contributed by atoms with Crippen LogP contribution in [0.5, 0.6) is 0 Å². The van der Waals surface area contributed by atoms with Gasteiger partial charge in [0.05, 0.1) is 27.1 Å². The molecular formula is C9H15NO7. The second-order valence-corrected chi connectivity index (χ2v) is 4.45. The number of nitrogens with zero attached hydrogens (tertiary/aromatic N) is 1. The number of aliphatic carboxylic acids is 2. The molecule has 0 saturated heterocycles. The maximum Gasteiger partial charge on any atom is 0.356 e. The Kier molecular flexibility index (Phi) is 4.60. The van der Waals surface area contributed by atoms with Crippen LogP contribution in [0.25, 0.3) is 0 Å². The molecule has 17 heavy (non-hydrogen) atoms. The Bertz CT molecular complexity index is 317. The second kappa shape index (κ2) is 5.11. The molecule has 0 aromatic heterocycles. The normalized spacial score (nSPS) is 14.8. The van der Waals surface area contributed by atoms with E-state index >= 15 is 0 Å². The van der Waals surface area contributed by atoms with E-state index in [0.29, 0.717) is 11.0 Å². The van der Waals surface area contributed by atoms with E-state index < -0.39 is 23.5 Å². The van der Waals surface area contributed by atoms with Crippen LogP contribution < -0.4 is 5.11 Å². The van der Waals surface area contributed by atoms with Crippen molar-refractivity contribution in [3.63, 3.8) is 0 Å². The third-order valence-electron chi connectivity index (χ3n) is 1.90. The number of aliphatic hydroxyl groups is 1. The molecule has 0 spiro atoms. The number of carboxylic acid groups (broad SMARTS) is 2. The van der Waals surface area contributed by atoms with E-state index in [1.165, 1.54) is 0 Å². The number of rotatable bonds is 6. The van der Waals surface area contributed by atoms with Crippen molar-refractivity contribution in [2.75, 3.05) is 34.3 Å². The number of likely N-dealkylation sites (N-methyl/N-ethyl adjacent to an activating group) is 1. The first-order valence-corrected chi connectivity index (χ1v) is 4.66. The van der Waals surface area contributed by atoms with Crippen LogP contribution in [-0.4, -0.2) is 72.5 Å². The highest BCUT2D eigenvalue weighted by atomic mass is 16.6. The molecule has 2 N–H and O–H groups in total. The first-order chi connectivity index (χ1) is 7.51. The van der Waals surface area contributed by atoms with Crippen LogP contribution in [0.2, 0.25) is 0 Å². The minimum Gasteiger partial charge on any atom is -0.546 e. The third-order valence-corrected chi connectivity index (χ3v) is 1.90. The summed E-state index contributed by atoms with van der Waals surface area (Å²) in [5, 5.41) is 28.0. The Balaban J connectivity index is 4.58. The highest BCUT2D eigenvalue weighted by Gasteiger charge is 2.48. The second-order valence-electron chi connectivity index (χ2n) is 4.45. The summed E-state index contributed by atoms with van der Waals surface area (Å²) in [7, 11) is 5.36. The Labute approximate surface area is 97.6 Å². The zero-order valence-corrected chi connectivity index (χ0v) is 9.80. The van der Waals surface area contributed by atoms with Gasteiger partial charge in [-0.25, -0.2) is 9.59 Å². The summed E-state index contributed by atoms with van der Waals surface area (Å²) in [6, 6.07) is 0. The van der Waals surface area contributed by atoms with Crippen molar-refractivity contribution >= 4 is 17.9 Å². The molecule has 0 aliphatic rings. The van der Waals surface area contributed by atoms with E-state index in [1.54, 1.807) is 21.1 Å². The monoisotopic (exact) mass is 249 g/mol. The zero-order chi connectivity index (χ0) is 13.9. The van der Waals surface area contributed by atoms with Crippen LogP contribution in [0.15, 0.2) is 0 Å². The first-order valence-electron chi connectivity index (χ1n) is 4.66. The average molecular weight is 249 g/mol. The number of hydrogen-bond donors (Lipinski definition) is 2. The molecule has 8 heteroatoms. The minimum absolute atomic E-state index is 0.217. The first kappa shape index (κ1) is 15.3. The molecule has 8 nitrogen and oxygen atoms in total. The van der Waals surface area contributed by atoms with Gasteiger partial charge < -0.3 is 29.3 Å². The van der Waals surface area contributed by atoms with E-state index in [4.69, 9.17) is 10.2 Å². The number of hydrogen-bond acceptors (Lipinski definition) is 6. The molecule has 1 unspecified atom stereocenters. The standard InChI is InChI=1S/C9H15NO7/c1-10(2,3)4-5-17-8(15)9(16,6(11)12)7(13)14/h16H,4-5H2,1-3H3,(H-,11,12,13,14).